The maximum atomic E-state index is 14.3. The Balaban J connectivity index is 1.90. The van der Waals surface area contributed by atoms with Crippen LogP contribution in [-0.4, -0.2) is 45.4 Å². The number of amides is 2. The summed E-state index contributed by atoms with van der Waals surface area (Å²) in [7, 11) is -2.81. The molecular weight excluding hydrogens is 511 g/mol. The largest absolute Gasteiger partial charge is 0.383 e. The first-order valence-corrected chi connectivity index (χ1v) is 12.5. The van der Waals surface area contributed by atoms with Crippen LogP contribution in [0.3, 0.4) is 0 Å². The van der Waals surface area contributed by atoms with Crippen molar-refractivity contribution in [3.63, 3.8) is 0 Å². The molecule has 1 N–H and O–H groups in total. The van der Waals surface area contributed by atoms with E-state index >= 15 is 0 Å². The predicted molar refractivity (Wildman–Crippen MR) is 133 cm³/mol. The highest BCUT2D eigenvalue weighted by atomic mass is 35.5. The van der Waals surface area contributed by atoms with Gasteiger partial charge in [0.1, 0.15) is 16.5 Å². The van der Waals surface area contributed by atoms with Gasteiger partial charge in [0, 0.05) is 43.4 Å². The number of nitrogens with one attached hydrogen (secondary N) is 1. The number of hydrogen-bond donors (Lipinski definition) is 1. The standard InChI is InChI=1S/C25H24ClFN2O6S/c1-17(30)28-20-8-10-21(11-9-20)36(32,33)35-24-12-7-19(26)15-18(24)16-29(13-14-34-2)25(31)22-5-3-4-6-23(22)27/h3-12,15H,13-14,16H2,1-2H3,(H,28,30). The van der Waals surface area contributed by atoms with Crippen LogP contribution in [0.2, 0.25) is 5.02 Å². The molecule has 0 unspecified atom stereocenters. The Morgan fingerprint density at radius 3 is 2.39 bits per heavy atom. The molecule has 0 bridgehead atoms. The van der Waals surface area contributed by atoms with Crippen LogP contribution in [-0.2, 0) is 26.2 Å². The molecule has 8 nitrogen and oxygen atoms in total. The smallest absolute Gasteiger partial charge is 0.339 e. The Morgan fingerprint density at radius 2 is 1.75 bits per heavy atom. The Hall–Kier alpha value is -3.47. The molecular formula is C25H24ClFN2O6S. The average Bonchev–Trinajstić information content (AvgIpc) is 2.83. The molecule has 0 heterocycles. The van der Waals surface area contributed by atoms with Crippen LogP contribution in [0.15, 0.2) is 71.6 Å². The molecule has 3 rings (SSSR count). The molecule has 3 aromatic rings. The maximum Gasteiger partial charge on any atom is 0.339 e. The lowest BCUT2D eigenvalue weighted by Gasteiger charge is -2.24. The van der Waals surface area contributed by atoms with Crippen molar-refractivity contribution in [2.45, 2.75) is 18.4 Å². The summed E-state index contributed by atoms with van der Waals surface area (Å²) in [6.07, 6.45) is 0. The minimum Gasteiger partial charge on any atom is -0.383 e. The molecule has 0 radical (unpaired) electrons. The van der Waals surface area contributed by atoms with Crippen LogP contribution in [0, 0.1) is 5.82 Å². The number of benzene rings is 3. The molecule has 0 aromatic heterocycles. The average molecular weight is 535 g/mol. The van der Waals surface area contributed by atoms with Crippen LogP contribution < -0.4 is 9.50 Å². The lowest BCUT2D eigenvalue weighted by molar-refractivity contribution is -0.114. The van der Waals surface area contributed by atoms with E-state index in [4.69, 9.17) is 20.5 Å². The second-order valence-electron chi connectivity index (χ2n) is 7.69. The Labute approximate surface area is 213 Å². The SMILES string of the molecule is COCCN(Cc1cc(Cl)ccc1OS(=O)(=O)c1ccc(NC(C)=O)cc1)C(=O)c1ccccc1F. The van der Waals surface area contributed by atoms with Crippen molar-refractivity contribution in [2.75, 3.05) is 25.6 Å². The summed E-state index contributed by atoms with van der Waals surface area (Å²) in [4.78, 5) is 25.5. The molecule has 0 aliphatic carbocycles. The van der Waals surface area contributed by atoms with Gasteiger partial charge in [0.2, 0.25) is 5.91 Å². The highest BCUT2D eigenvalue weighted by molar-refractivity contribution is 7.87. The quantitative estimate of drug-likeness (QED) is 0.384. The number of carbonyl (C=O) groups excluding carboxylic acids is 2. The van der Waals surface area contributed by atoms with E-state index in [1.54, 1.807) is 6.07 Å². The van der Waals surface area contributed by atoms with Crippen LogP contribution in [0.1, 0.15) is 22.8 Å². The first-order valence-electron chi connectivity index (χ1n) is 10.7. The van der Waals surface area contributed by atoms with Gasteiger partial charge in [0.15, 0.2) is 0 Å². The monoisotopic (exact) mass is 534 g/mol. The lowest BCUT2D eigenvalue weighted by Crippen LogP contribution is -2.34. The van der Waals surface area contributed by atoms with Gasteiger partial charge in [0.25, 0.3) is 5.91 Å². The van der Waals surface area contributed by atoms with E-state index in [-0.39, 0.29) is 41.8 Å². The van der Waals surface area contributed by atoms with Crippen molar-refractivity contribution >= 4 is 39.2 Å². The molecule has 0 aliphatic heterocycles. The summed E-state index contributed by atoms with van der Waals surface area (Å²) < 4.78 is 50.6. The van der Waals surface area contributed by atoms with Crippen LogP contribution >= 0.6 is 11.6 Å². The molecule has 0 aliphatic rings. The Kier molecular flexibility index (Phi) is 9.03. The third-order valence-corrected chi connectivity index (χ3v) is 6.49. The van der Waals surface area contributed by atoms with Gasteiger partial charge in [-0.3, -0.25) is 9.59 Å². The van der Waals surface area contributed by atoms with Gasteiger partial charge < -0.3 is 19.1 Å². The van der Waals surface area contributed by atoms with E-state index in [1.165, 1.54) is 79.6 Å². The maximum absolute atomic E-state index is 14.3. The van der Waals surface area contributed by atoms with Gasteiger partial charge in [0.05, 0.1) is 12.2 Å². The normalized spacial score (nSPS) is 11.1. The number of nitrogens with zero attached hydrogens (tertiary/aromatic N) is 1. The van der Waals surface area contributed by atoms with E-state index in [1.807, 2.05) is 0 Å². The number of rotatable bonds is 10. The van der Waals surface area contributed by atoms with Crippen molar-refractivity contribution < 1.29 is 31.3 Å². The fourth-order valence-electron chi connectivity index (χ4n) is 3.29. The van der Waals surface area contributed by atoms with Gasteiger partial charge in [-0.25, -0.2) is 4.39 Å². The Morgan fingerprint density at radius 1 is 1.06 bits per heavy atom. The molecule has 190 valence electrons. The fourth-order valence-corrected chi connectivity index (χ4v) is 4.45. The molecule has 0 saturated carbocycles. The van der Waals surface area contributed by atoms with Crippen LogP contribution in [0.25, 0.3) is 0 Å². The molecule has 11 heteroatoms. The zero-order chi connectivity index (χ0) is 26.3. The lowest BCUT2D eigenvalue weighted by atomic mass is 10.1. The molecule has 36 heavy (non-hydrogen) atoms. The molecule has 0 saturated heterocycles. The van der Waals surface area contributed by atoms with E-state index in [9.17, 15) is 22.4 Å². The summed E-state index contributed by atoms with van der Waals surface area (Å²) in [5.41, 5.74) is 0.584. The van der Waals surface area contributed by atoms with Crippen molar-refractivity contribution in [2.24, 2.45) is 0 Å². The Bertz CT molecular complexity index is 1350. The third-order valence-electron chi connectivity index (χ3n) is 5.00. The summed E-state index contributed by atoms with van der Waals surface area (Å²) in [5.74, 6) is -1.63. The number of anilines is 1. The number of halogens is 2. The molecule has 0 atom stereocenters. The van der Waals surface area contributed by atoms with E-state index in [0.29, 0.717) is 16.3 Å². The number of ether oxygens (including phenoxy) is 1. The van der Waals surface area contributed by atoms with E-state index < -0.39 is 21.8 Å². The molecule has 3 aromatic carbocycles. The van der Waals surface area contributed by atoms with E-state index in [2.05, 4.69) is 5.32 Å². The van der Waals surface area contributed by atoms with Gasteiger partial charge in [-0.2, -0.15) is 8.42 Å². The molecule has 2 amide bonds. The second kappa shape index (κ2) is 12.0. The summed E-state index contributed by atoms with van der Waals surface area (Å²) in [6, 6.07) is 15.3. The van der Waals surface area contributed by atoms with Gasteiger partial charge in [-0.1, -0.05) is 23.7 Å². The summed E-state index contributed by atoms with van der Waals surface area (Å²) >= 11 is 6.15. The van der Waals surface area contributed by atoms with Crippen LogP contribution in [0.4, 0.5) is 10.1 Å². The minimum atomic E-state index is -4.27. The second-order valence-corrected chi connectivity index (χ2v) is 9.68. The van der Waals surface area contributed by atoms with Crippen molar-refractivity contribution in [3.8, 4) is 5.75 Å². The topological polar surface area (TPSA) is 102 Å². The highest BCUT2D eigenvalue weighted by Gasteiger charge is 2.23. The fraction of sp³-hybridized carbons (Fsp3) is 0.200. The number of carbonyl (C=O) groups is 2. The molecule has 0 fully saturated rings. The summed E-state index contributed by atoms with van der Waals surface area (Å²) in [5, 5.41) is 2.84. The van der Waals surface area contributed by atoms with E-state index in [0.717, 1.165) is 0 Å². The number of hydrogen-bond acceptors (Lipinski definition) is 6. The molecule has 0 spiro atoms. The summed E-state index contributed by atoms with van der Waals surface area (Å²) in [6.45, 7) is 1.48. The zero-order valence-corrected chi connectivity index (χ0v) is 21.1. The predicted octanol–water partition coefficient (Wildman–Crippen LogP) is 4.49. The van der Waals surface area contributed by atoms with Gasteiger partial charge in [-0.05, 0) is 54.6 Å². The highest BCUT2D eigenvalue weighted by Crippen LogP contribution is 2.28. The zero-order valence-electron chi connectivity index (χ0n) is 19.5. The minimum absolute atomic E-state index is 0.0471. The first kappa shape index (κ1) is 27.1. The first-order chi connectivity index (χ1) is 17.1. The van der Waals surface area contributed by atoms with Crippen molar-refractivity contribution in [3.05, 3.63) is 88.7 Å². The van der Waals surface area contributed by atoms with Gasteiger partial charge in [-0.15, -0.1) is 0 Å². The van der Waals surface area contributed by atoms with Crippen molar-refractivity contribution in [1.82, 2.24) is 4.90 Å². The van der Waals surface area contributed by atoms with Gasteiger partial charge >= 0.3 is 10.1 Å². The number of methoxy groups -OCH3 is 1. The van der Waals surface area contributed by atoms with Crippen molar-refractivity contribution in [1.29, 1.82) is 0 Å². The van der Waals surface area contributed by atoms with Crippen LogP contribution in [0.5, 0.6) is 5.75 Å². The third kappa shape index (κ3) is 7.03.